The number of nitrogens with one attached hydrogen (secondary N) is 2. The third-order valence-corrected chi connectivity index (χ3v) is 5.03. The van der Waals surface area contributed by atoms with Gasteiger partial charge in [-0.05, 0) is 63.6 Å². The summed E-state index contributed by atoms with van der Waals surface area (Å²) in [6.45, 7) is 8.46. The lowest BCUT2D eigenvalue weighted by atomic mass is 10.3. The Morgan fingerprint density at radius 3 is 2.74 bits per heavy atom. The van der Waals surface area contributed by atoms with Gasteiger partial charge < -0.3 is 24.5 Å². The average molecular weight is 443 g/mol. The second-order valence-corrected chi connectivity index (χ2v) is 8.56. The fourth-order valence-electron chi connectivity index (χ4n) is 2.75. The Kier molecular flexibility index (Phi) is 8.93. The molecule has 0 bridgehead atoms. The highest BCUT2D eigenvalue weighted by molar-refractivity contribution is 7.11. The predicted octanol–water partition coefficient (Wildman–Crippen LogP) is 5.00. The number of aliphatic imine (C=N–C) groups is 1. The summed E-state index contributed by atoms with van der Waals surface area (Å²) in [5.41, 5.74) is 0.942. The van der Waals surface area contributed by atoms with Gasteiger partial charge in [0, 0.05) is 29.9 Å². The number of hydrogen-bond donors (Lipinski definition) is 2. The first-order valence-corrected chi connectivity index (χ1v) is 11.2. The van der Waals surface area contributed by atoms with Gasteiger partial charge in [-0.2, -0.15) is 0 Å². The molecule has 0 amide bonds. The number of anilines is 1. The van der Waals surface area contributed by atoms with Crippen LogP contribution < -0.4 is 15.4 Å². The van der Waals surface area contributed by atoms with Gasteiger partial charge in [0.05, 0.1) is 23.9 Å². The van der Waals surface area contributed by atoms with Crippen LogP contribution in [-0.2, 0) is 17.9 Å². The SMILES string of the molecule is Cc1ncc(CN=C(NCCCOCc2ccco2)Nc2ccc(OC(C)C)cc2)s1. The zero-order valence-corrected chi connectivity index (χ0v) is 19.1. The molecule has 0 aliphatic heterocycles. The highest BCUT2D eigenvalue weighted by Gasteiger charge is 2.04. The normalized spacial score (nSPS) is 11.7. The van der Waals surface area contributed by atoms with Crippen molar-refractivity contribution in [1.29, 1.82) is 0 Å². The van der Waals surface area contributed by atoms with Crippen molar-refractivity contribution >= 4 is 23.0 Å². The maximum absolute atomic E-state index is 5.71. The molecule has 0 atom stereocenters. The van der Waals surface area contributed by atoms with E-state index in [-0.39, 0.29) is 6.10 Å². The first-order valence-electron chi connectivity index (χ1n) is 10.4. The Balaban J connectivity index is 1.51. The van der Waals surface area contributed by atoms with Crippen molar-refractivity contribution in [3.05, 3.63) is 64.5 Å². The summed E-state index contributed by atoms with van der Waals surface area (Å²) in [7, 11) is 0. The van der Waals surface area contributed by atoms with Crippen molar-refractivity contribution in [3.63, 3.8) is 0 Å². The van der Waals surface area contributed by atoms with E-state index in [0.717, 1.165) is 46.0 Å². The Morgan fingerprint density at radius 2 is 2.06 bits per heavy atom. The summed E-state index contributed by atoms with van der Waals surface area (Å²) >= 11 is 1.66. The molecule has 2 N–H and O–H groups in total. The molecule has 0 aliphatic carbocycles. The molecule has 0 unspecified atom stereocenters. The van der Waals surface area contributed by atoms with Crippen LogP contribution in [0.3, 0.4) is 0 Å². The maximum atomic E-state index is 5.71. The van der Waals surface area contributed by atoms with Crippen molar-refractivity contribution in [2.75, 3.05) is 18.5 Å². The lowest BCUT2D eigenvalue weighted by Gasteiger charge is -2.14. The van der Waals surface area contributed by atoms with Crippen molar-refractivity contribution < 1.29 is 13.9 Å². The molecule has 1 aromatic carbocycles. The van der Waals surface area contributed by atoms with Crippen LogP contribution in [-0.4, -0.2) is 30.2 Å². The molecule has 31 heavy (non-hydrogen) atoms. The molecule has 0 saturated carbocycles. The van der Waals surface area contributed by atoms with Crippen LogP contribution in [0.15, 0.2) is 58.3 Å². The monoisotopic (exact) mass is 442 g/mol. The van der Waals surface area contributed by atoms with Crippen molar-refractivity contribution in [2.45, 2.75) is 46.4 Å². The summed E-state index contributed by atoms with van der Waals surface area (Å²) in [4.78, 5) is 10.1. The Bertz CT molecular complexity index is 921. The van der Waals surface area contributed by atoms with E-state index >= 15 is 0 Å². The lowest BCUT2D eigenvalue weighted by molar-refractivity contribution is 0.105. The van der Waals surface area contributed by atoms with E-state index < -0.39 is 0 Å². The van der Waals surface area contributed by atoms with Gasteiger partial charge >= 0.3 is 0 Å². The zero-order valence-electron chi connectivity index (χ0n) is 18.3. The van der Waals surface area contributed by atoms with E-state index in [9.17, 15) is 0 Å². The highest BCUT2D eigenvalue weighted by Crippen LogP contribution is 2.17. The Hall–Kier alpha value is -2.84. The number of hydrogen-bond acceptors (Lipinski definition) is 6. The number of guanidine groups is 1. The van der Waals surface area contributed by atoms with Crippen molar-refractivity contribution in [2.24, 2.45) is 4.99 Å². The van der Waals surface area contributed by atoms with Crippen LogP contribution in [0.25, 0.3) is 0 Å². The van der Waals surface area contributed by atoms with Crippen molar-refractivity contribution in [1.82, 2.24) is 10.3 Å². The van der Waals surface area contributed by atoms with Gasteiger partial charge in [0.2, 0.25) is 0 Å². The molecular weight excluding hydrogens is 412 g/mol. The van der Waals surface area contributed by atoms with Gasteiger partial charge in [0.15, 0.2) is 5.96 Å². The van der Waals surface area contributed by atoms with E-state index in [4.69, 9.17) is 18.9 Å². The average Bonchev–Trinajstić information content (AvgIpc) is 3.41. The van der Waals surface area contributed by atoms with E-state index in [1.807, 2.05) is 63.4 Å². The summed E-state index contributed by atoms with van der Waals surface area (Å²) in [5, 5.41) is 7.78. The van der Waals surface area contributed by atoms with E-state index in [0.29, 0.717) is 19.8 Å². The predicted molar refractivity (Wildman–Crippen MR) is 125 cm³/mol. The summed E-state index contributed by atoms with van der Waals surface area (Å²) < 4.78 is 16.6. The third-order valence-electron chi connectivity index (χ3n) is 4.13. The van der Waals surface area contributed by atoms with Gasteiger partial charge in [0.1, 0.15) is 18.1 Å². The fraction of sp³-hybridized carbons (Fsp3) is 0.391. The van der Waals surface area contributed by atoms with Gasteiger partial charge in [-0.25, -0.2) is 9.98 Å². The maximum Gasteiger partial charge on any atom is 0.196 e. The fourth-order valence-corrected chi connectivity index (χ4v) is 3.47. The largest absolute Gasteiger partial charge is 0.491 e. The molecule has 0 radical (unpaired) electrons. The number of benzene rings is 1. The second-order valence-electron chi connectivity index (χ2n) is 7.24. The molecule has 2 aromatic heterocycles. The number of aromatic nitrogens is 1. The van der Waals surface area contributed by atoms with Gasteiger partial charge in [-0.3, -0.25) is 0 Å². The third kappa shape index (κ3) is 8.43. The standard InChI is InChI=1S/C23H30N4O3S/c1-17(2)30-20-9-7-19(8-10-20)27-23(26-15-22-14-25-18(3)31-22)24-11-5-12-28-16-21-6-4-13-29-21/h4,6-10,13-14,17H,5,11-12,15-16H2,1-3H3,(H2,24,26,27). The quantitative estimate of drug-likeness (QED) is 0.247. The first-order chi connectivity index (χ1) is 15.1. The minimum Gasteiger partial charge on any atom is -0.491 e. The summed E-state index contributed by atoms with van der Waals surface area (Å²) in [6.07, 6.45) is 4.53. The first kappa shape index (κ1) is 22.8. The zero-order chi connectivity index (χ0) is 21.9. The topological polar surface area (TPSA) is 80.9 Å². The van der Waals surface area contributed by atoms with Gasteiger partial charge in [-0.15, -0.1) is 11.3 Å². The van der Waals surface area contributed by atoms with Crippen LogP contribution in [0.5, 0.6) is 5.75 Å². The number of rotatable bonds is 11. The number of aryl methyl sites for hydroxylation is 1. The highest BCUT2D eigenvalue weighted by atomic mass is 32.1. The molecule has 0 spiro atoms. The van der Waals surface area contributed by atoms with E-state index in [1.54, 1.807) is 17.6 Å². The number of ether oxygens (including phenoxy) is 2. The number of nitrogens with zero attached hydrogens (tertiary/aromatic N) is 2. The Morgan fingerprint density at radius 1 is 1.23 bits per heavy atom. The van der Waals surface area contributed by atoms with Crippen LogP contribution >= 0.6 is 11.3 Å². The molecule has 0 aliphatic rings. The molecule has 0 saturated heterocycles. The minimum atomic E-state index is 0.149. The molecule has 3 aromatic rings. The summed E-state index contributed by atoms with van der Waals surface area (Å²) in [5.74, 6) is 2.40. The van der Waals surface area contributed by atoms with Gasteiger partial charge in [-0.1, -0.05) is 0 Å². The molecule has 8 heteroatoms. The molecule has 7 nitrogen and oxygen atoms in total. The lowest BCUT2D eigenvalue weighted by Crippen LogP contribution is -2.32. The number of thiazole rings is 1. The molecular formula is C23H30N4O3S. The van der Waals surface area contributed by atoms with E-state index in [2.05, 4.69) is 15.6 Å². The van der Waals surface area contributed by atoms with Gasteiger partial charge in [0.25, 0.3) is 0 Å². The molecule has 2 heterocycles. The molecule has 3 rings (SSSR count). The molecule has 166 valence electrons. The minimum absolute atomic E-state index is 0.149. The van der Waals surface area contributed by atoms with Crippen LogP contribution in [0.1, 0.15) is 35.9 Å². The van der Waals surface area contributed by atoms with E-state index in [1.165, 1.54) is 0 Å². The smallest absolute Gasteiger partial charge is 0.196 e. The Labute approximate surface area is 187 Å². The summed E-state index contributed by atoms with van der Waals surface area (Å²) in [6, 6.07) is 11.6. The second kappa shape index (κ2) is 12.1. The van der Waals surface area contributed by atoms with Crippen LogP contribution in [0, 0.1) is 6.92 Å². The van der Waals surface area contributed by atoms with Crippen LogP contribution in [0.4, 0.5) is 5.69 Å². The number of furan rings is 1. The van der Waals surface area contributed by atoms with Crippen molar-refractivity contribution in [3.8, 4) is 5.75 Å². The molecule has 0 fully saturated rings. The van der Waals surface area contributed by atoms with Crippen LogP contribution in [0.2, 0.25) is 0 Å².